The van der Waals surface area contributed by atoms with E-state index in [0.29, 0.717) is 0 Å². The molecule has 0 aromatic carbocycles. The fourth-order valence-electron chi connectivity index (χ4n) is 2.45. The average Bonchev–Trinajstić information content (AvgIpc) is 2.65. The van der Waals surface area contributed by atoms with E-state index in [9.17, 15) is 9.59 Å². The summed E-state index contributed by atoms with van der Waals surface area (Å²) < 4.78 is 0. The van der Waals surface area contributed by atoms with Gasteiger partial charge in [-0.05, 0) is 0 Å². The Labute approximate surface area is 92.3 Å². The van der Waals surface area contributed by atoms with E-state index in [1.807, 2.05) is 4.90 Å². The molecular formula is C8H14N6O2. The van der Waals surface area contributed by atoms with E-state index >= 15 is 0 Å². The Morgan fingerprint density at radius 1 is 1.38 bits per heavy atom. The van der Waals surface area contributed by atoms with Crippen LogP contribution in [0.1, 0.15) is 0 Å². The number of likely N-dealkylation sites (N-methyl/N-ethyl adjacent to an activating group) is 1. The van der Waals surface area contributed by atoms with Gasteiger partial charge in [0.25, 0.3) is 0 Å². The molecule has 0 aromatic rings. The van der Waals surface area contributed by atoms with Gasteiger partial charge in [0.2, 0.25) is 5.91 Å². The van der Waals surface area contributed by atoms with Crippen molar-refractivity contribution in [2.24, 2.45) is 0 Å². The third-order valence-corrected chi connectivity index (χ3v) is 3.29. The zero-order valence-electron chi connectivity index (χ0n) is 8.86. The topological polar surface area (TPSA) is 88.7 Å². The number of nitrogens with zero attached hydrogens (tertiary/aromatic N) is 2. The van der Waals surface area contributed by atoms with Crippen LogP contribution in [0.25, 0.3) is 0 Å². The second kappa shape index (κ2) is 3.39. The van der Waals surface area contributed by atoms with Gasteiger partial charge in [-0.2, -0.15) is 0 Å². The maximum absolute atomic E-state index is 11.8. The third kappa shape index (κ3) is 1.24. The van der Waals surface area contributed by atoms with Crippen molar-refractivity contribution >= 4 is 11.9 Å². The highest BCUT2D eigenvalue weighted by Gasteiger charge is 2.51. The summed E-state index contributed by atoms with van der Waals surface area (Å²) in [6.45, 7) is 1.54. The molecule has 3 aliphatic heterocycles. The van der Waals surface area contributed by atoms with Crippen LogP contribution in [0.5, 0.6) is 0 Å². The van der Waals surface area contributed by atoms with Gasteiger partial charge in [0.15, 0.2) is 0 Å². The number of hydrogen-bond acceptors (Lipinski definition) is 6. The Morgan fingerprint density at radius 2 is 2.19 bits per heavy atom. The first-order valence-electron chi connectivity index (χ1n) is 5.26. The maximum atomic E-state index is 11.8. The summed E-state index contributed by atoms with van der Waals surface area (Å²) in [7, 11) is 1.68. The van der Waals surface area contributed by atoms with Crippen molar-refractivity contribution in [3.8, 4) is 0 Å². The predicted octanol–water partition coefficient (Wildman–Crippen LogP) is -2.84. The quantitative estimate of drug-likeness (QED) is 0.356. The Kier molecular flexibility index (Phi) is 2.11. The Morgan fingerprint density at radius 3 is 3.00 bits per heavy atom. The number of hydrogen-bond donors (Lipinski definition) is 4. The SMILES string of the molecule is CN1C(=O)NC(=O)C2C1NC1NNCCN12. The highest BCUT2D eigenvalue weighted by molar-refractivity contribution is 6.00. The van der Waals surface area contributed by atoms with E-state index in [0.717, 1.165) is 13.1 Å². The average molecular weight is 226 g/mol. The van der Waals surface area contributed by atoms with E-state index in [1.165, 1.54) is 4.90 Å². The molecule has 3 rings (SSSR count). The summed E-state index contributed by atoms with van der Waals surface area (Å²) in [5.74, 6) is -0.230. The molecule has 88 valence electrons. The van der Waals surface area contributed by atoms with Gasteiger partial charge in [-0.3, -0.25) is 25.8 Å². The van der Waals surface area contributed by atoms with Crippen LogP contribution < -0.4 is 21.5 Å². The number of fused-ring (bicyclic) bond motifs is 3. The van der Waals surface area contributed by atoms with Crippen LogP contribution in [0, 0.1) is 0 Å². The molecule has 0 bridgehead atoms. The van der Waals surface area contributed by atoms with Crippen LogP contribution in [0.4, 0.5) is 4.79 Å². The maximum Gasteiger partial charge on any atom is 0.325 e. The minimum Gasteiger partial charge on any atom is -0.310 e. The van der Waals surface area contributed by atoms with Crippen LogP contribution in [0.3, 0.4) is 0 Å². The molecule has 3 fully saturated rings. The smallest absolute Gasteiger partial charge is 0.310 e. The summed E-state index contributed by atoms with van der Waals surface area (Å²) in [5, 5.41) is 5.55. The van der Waals surface area contributed by atoms with Crippen molar-refractivity contribution in [2.45, 2.75) is 18.5 Å². The highest BCUT2D eigenvalue weighted by Crippen LogP contribution is 2.21. The summed E-state index contributed by atoms with van der Waals surface area (Å²) >= 11 is 0. The van der Waals surface area contributed by atoms with E-state index < -0.39 is 0 Å². The Bertz CT molecular complexity index is 347. The van der Waals surface area contributed by atoms with Crippen molar-refractivity contribution in [1.29, 1.82) is 0 Å². The van der Waals surface area contributed by atoms with Gasteiger partial charge in [0.1, 0.15) is 18.5 Å². The standard InChI is InChI=1S/C8H14N6O2/c1-13-5-4(6(15)11-8(13)16)14-3-2-9-12-7(14)10-5/h4-5,7,9-10,12H,2-3H2,1H3,(H,11,15,16). The van der Waals surface area contributed by atoms with Gasteiger partial charge >= 0.3 is 6.03 Å². The minimum atomic E-state index is -0.355. The minimum absolute atomic E-state index is 0.108. The lowest BCUT2D eigenvalue weighted by Crippen LogP contribution is -2.65. The molecule has 0 aromatic heterocycles. The number of hydrazine groups is 1. The molecule has 3 heterocycles. The highest BCUT2D eigenvalue weighted by atomic mass is 16.2. The van der Waals surface area contributed by atoms with Crippen LogP contribution in [0.15, 0.2) is 0 Å². The van der Waals surface area contributed by atoms with Crippen LogP contribution in [-0.2, 0) is 4.79 Å². The zero-order valence-corrected chi connectivity index (χ0v) is 8.86. The molecule has 8 heteroatoms. The number of amides is 3. The van der Waals surface area contributed by atoms with Gasteiger partial charge in [-0.1, -0.05) is 0 Å². The summed E-state index contributed by atoms with van der Waals surface area (Å²) in [6.07, 6.45) is -0.374. The van der Waals surface area contributed by atoms with E-state index in [4.69, 9.17) is 0 Å². The van der Waals surface area contributed by atoms with Gasteiger partial charge in [-0.15, -0.1) is 0 Å². The van der Waals surface area contributed by atoms with Gasteiger partial charge in [-0.25, -0.2) is 10.2 Å². The molecule has 8 nitrogen and oxygen atoms in total. The second-order valence-electron chi connectivity index (χ2n) is 4.17. The van der Waals surface area contributed by atoms with Crippen molar-refractivity contribution in [3.05, 3.63) is 0 Å². The number of urea groups is 1. The normalized spacial score (nSPS) is 39.3. The fraction of sp³-hybridized carbons (Fsp3) is 0.750. The fourth-order valence-corrected chi connectivity index (χ4v) is 2.45. The van der Waals surface area contributed by atoms with Crippen LogP contribution >= 0.6 is 0 Å². The molecule has 3 amide bonds. The summed E-state index contributed by atoms with van der Waals surface area (Å²) in [4.78, 5) is 26.8. The molecule has 0 saturated carbocycles. The lowest BCUT2D eigenvalue weighted by atomic mass is 10.1. The molecule has 3 aliphatic rings. The van der Waals surface area contributed by atoms with Crippen molar-refractivity contribution in [3.63, 3.8) is 0 Å². The van der Waals surface area contributed by atoms with Crippen LogP contribution in [-0.4, -0.2) is 60.4 Å². The molecule has 0 spiro atoms. The van der Waals surface area contributed by atoms with Crippen LogP contribution in [0.2, 0.25) is 0 Å². The lowest BCUT2D eigenvalue weighted by molar-refractivity contribution is -0.128. The zero-order chi connectivity index (χ0) is 11.3. The Balaban J connectivity index is 1.89. The molecule has 3 atom stereocenters. The molecule has 0 radical (unpaired) electrons. The van der Waals surface area contributed by atoms with E-state index in [1.54, 1.807) is 7.05 Å². The first kappa shape index (κ1) is 9.97. The number of imide groups is 1. The number of rotatable bonds is 0. The summed E-state index contributed by atoms with van der Waals surface area (Å²) in [6, 6.07) is -0.672. The van der Waals surface area contributed by atoms with E-state index in [2.05, 4.69) is 21.5 Å². The van der Waals surface area contributed by atoms with Gasteiger partial charge in [0, 0.05) is 20.1 Å². The molecule has 4 N–H and O–H groups in total. The van der Waals surface area contributed by atoms with E-state index in [-0.39, 0.29) is 30.4 Å². The molecule has 3 unspecified atom stereocenters. The molecule has 16 heavy (non-hydrogen) atoms. The number of carbonyl (C=O) groups is 2. The molecule has 3 saturated heterocycles. The molecule has 0 aliphatic carbocycles. The number of carbonyl (C=O) groups excluding carboxylic acids is 2. The summed E-state index contributed by atoms with van der Waals surface area (Å²) in [5.41, 5.74) is 6.06. The first-order valence-corrected chi connectivity index (χ1v) is 5.26. The Hall–Kier alpha value is -1.22. The lowest BCUT2D eigenvalue weighted by Gasteiger charge is -2.36. The largest absolute Gasteiger partial charge is 0.325 e. The van der Waals surface area contributed by atoms with Gasteiger partial charge in [0.05, 0.1) is 0 Å². The second-order valence-corrected chi connectivity index (χ2v) is 4.17. The van der Waals surface area contributed by atoms with Crippen molar-refractivity contribution < 1.29 is 9.59 Å². The predicted molar refractivity (Wildman–Crippen MR) is 53.6 cm³/mol. The van der Waals surface area contributed by atoms with Gasteiger partial charge < -0.3 is 4.90 Å². The van der Waals surface area contributed by atoms with Crippen molar-refractivity contribution in [2.75, 3.05) is 20.1 Å². The first-order chi connectivity index (χ1) is 7.68. The molecular weight excluding hydrogens is 212 g/mol. The third-order valence-electron chi connectivity index (χ3n) is 3.29. The van der Waals surface area contributed by atoms with Crippen molar-refractivity contribution in [1.82, 2.24) is 31.3 Å². The monoisotopic (exact) mass is 226 g/mol. The number of nitrogens with one attached hydrogen (secondary N) is 4.